The van der Waals surface area contributed by atoms with Crippen molar-refractivity contribution in [2.24, 2.45) is 5.92 Å². The van der Waals surface area contributed by atoms with Gasteiger partial charge in [0.2, 0.25) is 0 Å². The van der Waals surface area contributed by atoms with Gasteiger partial charge in [-0.25, -0.2) is 9.97 Å². The highest BCUT2D eigenvalue weighted by molar-refractivity contribution is 7.98. The van der Waals surface area contributed by atoms with Gasteiger partial charge in [0.15, 0.2) is 5.16 Å². The molecule has 1 unspecified atom stereocenters. The summed E-state index contributed by atoms with van der Waals surface area (Å²) in [6.45, 7) is 2.27. The molecule has 1 fully saturated rings. The Balaban J connectivity index is 2.04. The Kier molecular flexibility index (Phi) is 5.31. The molecule has 1 aromatic heterocycles. The summed E-state index contributed by atoms with van der Waals surface area (Å²) < 4.78 is 0. The summed E-state index contributed by atoms with van der Waals surface area (Å²) in [5.41, 5.74) is 0. The smallest absolute Gasteiger partial charge is 0.191 e. The summed E-state index contributed by atoms with van der Waals surface area (Å²) in [6, 6.07) is 2.47. The van der Waals surface area contributed by atoms with Gasteiger partial charge in [0.05, 0.1) is 0 Å². The highest BCUT2D eigenvalue weighted by atomic mass is 32.2. The molecule has 0 aromatic carbocycles. The lowest BCUT2D eigenvalue weighted by atomic mass is 9.84. The zero-order valence-corrected chi connectivity index (χ0v) is 12.9. The van der Waals surface area contributed by atoms with Gasteiger partial charge in [0.1, 0.15) is 11.6 Å². The fourth-order valence-corrected chi connectivity index (χ4v) is 3.08. The maximum Gasteiger partial charge on any atom is 0.191 e. The van der Waals surface area contributed by atoms with Crippen LogP contribution in [0.2, 0.25) is 0 Å². The molecule has 0 amide bonds. The van der Waals surface area contributed by atoms with Gasteiger partial charge in [0, 0.05) is 19.2 Å². The van der Waals surface area contributed by atoms with E-state index in [1.54, 1.807) is 11.8 Å². The summed E-state index contributed by atoms with van der Waals surface area (Å²) in [5.74, 6) is 2.58. The van der Waals surface area contributed by atoms with E-state index in [1.807, 2.05) is 19.4 Å². The topological polar surface area (TPSA) is 49.8 Å². The zero-order valence-electron chi connectivity index (χ0n) is 12.1. The fraction of sp³-hybridized carbons (Fsp3) is 0.714. The molecule has 1 heterocycles. The normalized spacial score (nSPS) is 18.1. The molecule has 0 saturated heterocycles. The molecule has 0 bridgehead atoms. The number of anilines is 2. The monoisotopic (exact) mass is 280 g/mol. The predicted octanol–water partition coefficient (Wildman–Crippen LogP) is 3.62. The van der Waals surface area contributed by atoms with E-state index in [0.717, 1.165) is 22.7 Å². The second-order valence-corrected chi connectivity index (χ2v) is 5.98. The molecule has 1 aliphatic rings. The number of thioether (sulfide) groups is 1. The van der Waals surface area contributed by atoms with Crippen molar-refractivity contribution in [1.82, 2.24) is 9.97 Å². The van der Waals surface area contributed by atoms with Crippen LogP contribution in [0.1, 0.15) is 39.0 Å². The van der Waals surface area contributed by atoms with Crippen molar-refractivity contribution in [3.63, 3.8) is 0 Å². The standard InChI is InChI=1S/C14H24N4S/c1-10(11-7-5-4-6-8-11)16-13-9-12(15-2)17-14(18-13)19-3/h9-11H,4-8H2,1-3H3,(H2,15,16,17,18). The van der Waals surface area contributed by atoms with Gasteiger partial charge in [-0.05, 0) is 31.9 Å². The van der Waals surface area contributed by atoms with Crippen LogP contribution in [-0.4, -0.2) is 29.3 Å². The molecule has 1 aliphatic carbocycles. The van der Waals surface area contributed by atoms with E-state index < -0.39 is 0 Å². The van der Waals surface area contributed by atoms with Crippen LogP contribution in [0.25, 0.3) is 0 Å². The quantitative estimate of drug-likeness (QED) is 0.637. The third-order valence-corrected chi connectivity index (χ3v) is 4.42. The molecule has 19 heavy (non-hydrogen) atoms. The maximum absolute atomic E-state index is 4.54. The van der Waals surface area contributed by atoms with Crippen LogP contribution >= 0.6 is 11.8 Å². The lowest BCUT2D eigenvalue weighted by molar-refractivity contribution is 0.328. The van der Waals surface area contributed by atoms with Crippen molar-refractivity contribution in [2.75, 3.05) is 23.9 Å². The number of aromatic nitrogens is 2. The number of rotatable bonds is 5. The van der Waals surface area contributed by atoms with Gasteiger partial charge in [-0.3, -0.25) is 0 Å². The molecule has 2 rings (SSSR count). The minimum atomic E-state index is 0.481. The third kappa shape index (κ3) is 4.00. The molecule has 106 valence electrons. The fourth-order valence-electron chi connectivity index (χ4n) is 2.70. The van der Waals surface area contributed by atoms with E-state index in [4.69, 9.17) is 0 Å². The third-order valence-electron chi connectivity index (χ3n) is 3.88. The van der Waals surface area contributed by atoms with E-state index >= 15 is 0 Å². The second-order valence-electron chi connectivity index (χ2n) is 5.21. The first-order chi connectivity index (χ1) is 9.22. The van der Waals surface area contributed by atoms with Crippen LogP contribution in [0.5, 0.6) is 0 Å². The van der Waals surface area contributed by atoms with E-state index in [1.165, 1.54) is 32.1 Å². The largest absolute Gasteiger partial charge is 0.373 e. The Morgan fingerprint density at radius 3 is 2.53 bits per heavy atom. The first-order valence-electron chi connectivity index (χ1n) is 7.10. The lowest BCUT2D eigenvalue weighted by Crippen LogP contribution is -2.28. The van der Waals surface area contributed by atoms with Gasteiger partial charge in [0.25, 0.3) is 0 Å². The number of nitrogens with one attached hydrogen (secondary N) is 2. The SMILES string of the molecule is CNc1cc(NC(C)C2CCCCC2)nc(SC)n1. The minimum Gasteiger partial charge on any atom is -0.373 e. The van der Waals surface area contributed by atoms with Crippen LogP contribution in [0.3, 0.4) is 0 Å². The van der Waals surface area contributed by atoms with Crippen LogP contribution in [0.15, 0.2) is 11.2 Å². The molecule has 0 spiro atoms. The Bertz CT molecular complexity index is 382. The van der Waals surface area contributed by atoms with E-state index in [0.29, 0.717) is 6.04 Å². The first kappa shape index (κ1) is 14.4. The molecule has 1 atom stereocenters. The van der Waals surface area contributed by atoms with Gasteiger partial charge >= 0.3 is 0 Å². The van der Waals surface area contributed by atoms with E-state index in [-0.39, 0.29) is 0 Å². The molecule has 1 aromatic rings. The number of nitrogens with zero attached hydrogens (tertiary/aromatic N) is 2. The molecule has 4 nitrogen and oxygen atoms in total. The van der Waals surface area contributed by atoms with Crippen molar-refractivity contribution in [3.8, 4) is 0 Å². The summed E-state index contributed by atoms with van der Waals surface area (Å²) in [6.07, 6.45) is 8.83. The second kappa shape index (κ2) is 6.98. The molecular weight excluding hydrogens is 256 g/mol. The molecule has 0 aliphatic heterocycles. The highest BCUT2D eigenvalue weighted by Crippen LogP contribution is 2.28. The van der Waals surface area contributed by atoms with Crippen LogP contribution in [-0.2, 0) is 0 Å². The van der Waals surface area contributed by atoms with Crippen LogP contribution in [0.4, 0.5) is 11.6 Å². The molecule has 0 radical (unpaired) electrons. The predicted molar refractivity (Wildman–Crippen MR) is 83.0 cm³/mol. The first-order valence-corrected chi connectivity index (χ1v) is 8.32. The van der Waals surface area contributed by atoms with Gasteiger partial charge in [-0.1, -0.05) is 31.0 Å². The average Bonchev–Trinajstić information content (AvgIpc) is 2.47. The Morgan fingerprint density at radius 1 is 1.21 bits per heavy atom. The number of hydrogen-bond acceptors (Lipinski definition) is 5. The van der Waals surface area contributed by atoms with Crippen LogP contribution in [0, 0.1) is 5.92 Å². The highest BCUT2D eigenvalue weighted by Gasteiger charge is 2.20. The molecular formula is C14H24N4S. The van der Waals surface area contributed by atoms with Crippen LogP contribution < -0.4 is 10.6 Å². The van der Waals surface area contributed by atoms with E-state index in [9.17, 15) is 0 Å². The van der Waals surface area contributed by atoms with E-state index in [2.05, 4.69) is 27.5 Å². The number of hydrogen-bond donors (Lipinski definition) is 2. The minimum absolute atomic E-state index is 0.481. The molecule has 5 heteroatoms. The Hall–Kier alpha value is -0.970. The van der Waals surface area contributed by atoms with Gasteiger partial charge < -0.3 is 10.6 Å². The molecule has 2 N–H and O–H groups in total. The van der Waals surface area contributed by atoms with Gasteiger partial charge in [-0.15, -0.1) is 0 Å². The molecule has 1 saturated carbocycles. The Labute approximate surface area is 120 Å². The lowest BCUT2D eigenvalue weighted by Gasteiger charge is -2.28. The van der Waals surface area contributed by atoms with Crippen molar-refractivity contribution in [3.05, 3.63) is 6.07 Å². The summed E-state index contributed by atoms with van der Waals surface area (Å²) in [5, 5.41) is 7.46. The van der Waals surface area contributed by atoms with Crippen molar-refractivity contribution >= 4 is 23.4 Å². The Morgan fingerprint density at radius 2 is 1.89 bits per heavy atom. The average molecular weight is 280 g/mol. The zero-order chi connectivity index (χ0) is 13.7. The van der Waals surface area contributed by atoms with Crippen molar-refractivity contribution in [2.45, 2.75) is 50.2 Å². The maximum atomic E-state index is 4.54. The summed E-state index contributed by atoms with van der Waals surface area (Å²) in [7, 11) is 1.89. The summed E-state index contributed by atoms with van der Waals surface area (Å²) >= 11 is 1.57. The van der Waals surface area contributed by atoms with Crippen molar-refractivity contribution in [1.29, 1.82) is 0 Å². The summed E-state index contributed by atoms with van der Waals surface area (Å²) in [4.78, 5) is 8.93. The van der Waals surface area contributed by atoms with Crippen molar-refractivity contribution < 1.29 is 0 Å². The van der Waals surface area contributed by atoms with Gasteiger partial charge in [-0.2, -0.15) is 0 Å².